The molecule has 1 aromatic rings. The van der Waals surface area contributed by atoms with Crippen LogP contribution >= 0.6 is 0 Å². The fourth-order valence-electron chi connectivity index (χ4n) is 1.88. The zero-order valence-electron chi connectivity index (χ0n) is 9.44. The van der Waals surface area contributed by atoms with E-state index in [0.717, 1.165) is 6.20 Å². The van der Waals surface area contributed by atoms with E-state index in [-0.39, 0.29) is 23.6 Å². The first-order valence-electron chi connectivity index (χ1n) is 5.36. The Bertz CT molecular complexity index is 505. The number of likely N-dealkylation sites (tertiary alicyclic amines) is 1. The third-order valence-electron chi connectivity index (χ3n) is 2.78. The van der Waals surface area contributed by atoms with Crippen LogP contribution in [0.2, 0.25) is 0 Å². The van der Waals surface area contributed by atoms with Crippen molar-refractivity contribution in [3.8, 4) is 0 Å². The van der Waals surface area contributed by atoms with E-state index in [0.29, 0.717) is 13.0 Å². The second-order valence-electron chi connectivity index (χ2n) is 4.08. The van der Waals surface area contributed by atoms with Crippen molar-refractivity contribution in [1.29, 1.82) is 0 Å². The van der Waals surface area contributed by atoms with Gasteiger partial charge in [-0.05, 0) is 12.5 Å². The number of hydrogen-bond donors (Lipinski definition) is 2. The van der Waals surface area contributed by atoms with Crippen LogP contribution in [0.1, 0.15) is 16.8 Å². The summed E-state index contributed by atoms with van der Waals surface area (Å²) in [6.07, 6.45) is 0.863. The van der Waals surface area contributed by atoms with Crippen molar-refractivity contribution in [1.82, 2.24) is 9.88 Å². The van der Waals surface area contributed by atoms with E-state index in [1.165, 1.54) is 11.0 Å². The molecule has 2 heterocycles. The summed E-state index contributed by atoms with van der Waals surface area (Å²) in [4.78, 5) is 27.2. The van der Waals surface area contributed by atoms with Crippen molar-refractivity contribution in [2.45, 2.75) is 12.5 Å². The first-order valence-corrected chi connectivity index (χ1v) is 5.36. The molecule has 0 aliphatic carbocycles. The topological polar surface area (TPSA) is 123 Å². The van der Waals surface area contributed by atoms with Gasteiger partial charge in [-0.2, -0.15) is 0 Å². The lowest BCUT2D eigenvalue weighted by molar-refractivity contribution is -0.385. The quantitative estimate of drug-likeness (QED) is 0.554. The molecule has 1 amide bonds. The van der Waals surface area contributed by atoms with Crippen LogP contribution in [0.3, 0.4) is 0 Å². The molecular formula is C10H12N4O4. The van der Waals surface area contributed by atoms with E-state index in [9.17, 15) is 20.0 Å². The van der Waals surface area contributed by atoms with Gasteiger partial charge < -0.3 is 15.7 Å². The molecule has 8 heteroatoms. The van der Waals surface area contributed by atoms with Gasteiger partial charge in [0.15, 0.2) is 0 Å². The summed E-state index contributed by atoms with van der Waals surface area (Å²) in [7, 11) is 0. The number of nitrogen functional groups attached to an aromatic ring is 1. The number of nitrogens with zero attached hydrogens (tertiary/aromatic N) is 3. The van der Waals surface area contributed by atoms with Crippen LogP contribution in [0.4, 0.5) is 11.5 Å². The number of anilines is 1. The summed E-state index contributed by atoms with van der Waals surface area (Å²) in [6.45, 7) is 0.553. The number of hydrogen-bond acceptors (Lipinski definition) is 6. The molecule has 0 radical (unpaired) electrons. The zero-order valence-corrected chi connectivity index (χ0v) is 9.44. The SMILES string of the molecule is Nc1cc(C(=O)N2CCC(O)C2)c([N+](=O)[O-])cn1. The molecule has 1 unspecified atom stereocenters. The van der Waals surface area contributed by atoms with Gasteiger partial charge in [-0.15, -0.1) is 0 Å². The molecule has 8 nitrogen and oxygen atoms in total. The van der Waals surface area contributed by atoms with Gasteiger partial charge in [0.2, 0.25) is 0 Å². The Labute approximate surface area is 102 Å². The summed E-state index contributed by atoms with van der Waals surface area (Å²) in [5.41, 5.74) is 4.96. The van der Waals surface area contributed by atoms with E-state index in [1.807, 2.05) is 0 Å². The molecule has 0 saturated carbocycles. The van der Waals surface area contributed by atoms with E-state index in [2.05, 4.69) is 4.98 Å². The van der Waals surface area contributed by atoms with Crippen LogP contribution in [-0.4, -0.2) is 45.0 Å². The van der Waals surface area contributed by atoms with Crippen LogP contribution in [0.15, 0.2) is 12.3 Å². The van der Waals surface area contributed by atoms with E-state index >= 15 is 0 Å². The minimum Gasteiger partial charge on any atom is -0.391 e. The van der Waals surface area contributed by atoms with E-state index < -0.39 is 16.9 Å². The number of β-amino-alcohol motifs (C(OH)–C–C–N with tert-alkyl or cyclic N) is 1. The number of aliphatic hydroxyl groups excluding tert-OH is 1. The molecule has 2 rings (SSSR count). The van der Waals surface area contributed by atoms with Crippen LogP contribution in [0.5, 0.6) is 0 Å². The maximum Gasteiger partial charge on any atom is 0.300 e. The van der Waals surface area contributed by atoms with Crippen molar-refractivity contribution >= 4 is 17.4 Å². The van der Waals surface area contributed by atoms with Gasteiger partial charge >= 0.3 is 0 Å². The number of nitrogens with two attached hydrogens (primary N) is 1. The molecule has 1 fully saturated rings. The highest BCUT2D eigenvalue weighted by Gasteiger charge is 2.30. The fourth-order valence-corrected chi connectivity index (χ4v) is 1.88. The molecule has 1 atom stereocenters. The molecule has 96 valence electrons. The Morgan fingerprint density at radius 1 is 1.67 bits per heavy atom. The fraction of sp³-hybridized carbons (Fsp3) is 0.400. The van der Waals surface area contributed by atoms with E-state index in [1.54, 1.807) is 0 Å². The second kappa shape index (κ2) is 4.57. The lowest BCUT2D eigenvalue weighted by atomic mass is 10.2. The molecule has 1 aromatic heterocycles. The molecule has 1 aliphatic rings. The summed E-state index contributed by atoms with van der Waals surface area (Å²) in [5.74, 6) is -0.462. The molecule has 3 N–H and O–H groups in total. The number of aromatic nitrogens is 1. The van der Waals surface area contributed by atoms with Gasteiger partial charge in [-0.25, -0.2) is 4.98 Å². The number of amides is 1. The largest absolute Gasteiger partial charge is 0.391 e. The molecule has 1 aliphatic heterocycles. The number of aliphatic hydroxyl groups is 1. The highest BCUT2D eigenvalue weighted by atomic mass is 16.6. The first-order chi connectivity index (χ1) is 8.49. The van der Waals surface area contributed by atoms with Crippen molar-refractivity contribution in [3.63, 3.8) is 0 Å². The second-order valence-corrected chi connectivity index (χ2v) is 4.08. The average molecular weight is 252 g/mol. The summed E-state index contributed by atoms with van der Waals surface area (Å²) < 4.78 is 0. The molecular weight excluding hydrogens is 240 g/mol. The molecule has 0 spiro atoms. The Kier molecular flexibility index (Phi) is 3.11. The standard InChI is InChI=1S/C10H12N4O4/c11-9-3-7(8(4-12-9)14(17)18)10(16)13-2-1-6(15)5-13/h3-4,6,15H,1-2,5H2,(H2,11,12). The van der Waals surface area contributed by atoms with Gasteiger partial charge in [0.05, 0.1) is 11.0 Å². The number of carbonyl (C=O) groups is 1. The molecule has 0 aromatic carbocycles. The molecule has 1 saturated heterocycles. The highest BCUT2D eigenvalue weighted by Crippen LogP contribution is 2.22. The van der Waals surface area contributed by atoms with Gasteiger partial charge in [-0.1, -0.05) is 0 Å². The zero-order chi connectivity index (χ0) is 13.3. The van der Waals surface area contributed by atoms with Crippen molar-refractivity contribution < 1.29 is 14.8 Å². The van der Waals surface area contributed by atoms with Crippen LogP contribution in [0, 0.1) is 10.1 Å². The van der Waals surface area contributed by atoms with E-state index in [4.69, 9.17) is 5.73 Å². The Morgan fingerprint density at radius 3 is 2.94 bits per heavy atom. The maximum atomic E-state index is 12.1. The lowest BCUT2D eigenvalue weighted by Crippen LogP contribution is -2.30. The number of pyridine rings is 1. The van der Waals surface area contributed by atoms with Crippen LogP contribution in [0.25, 0.3) is 0 Å². The maximum absolute atomic E-state index is 12.1. The van der Waals surface area contributed by atoms with Gasteiger partial charge in [0, 0.05) is 13.1 Å². The Hall–Kier alpha value is -2.22. The van der Waals surface area contributed by atoms with Crippen LogP contribution in [-0.2, 0) is 0 Å². The third kappa shape index (κ3) is 2.23. The Balaban J connectivity index is 2.34. The predicted molar refractivity (Wildman–Crippen MR) is 61.8 cm³/mol. The minimum absolute atomic E-state index is 0.0451. The monoisotopic (exact) mass is 252 g/mol. The summed E-state index contributed by atoms with van der Waals surface area (Å²) in [6, 6.07) is 1.19. The van der Waals surface area contributed by atoms with Crippen molar-refractivity contribution in [2.24, 2.45) is 0 Å². The normalized spacial score (nSPS) is 18.9. The highest BCUT2D eigenvalue weighted by molar-refractivity contribution is 5.98. The molecule has 18 heavy (non-hydrogen) atoms. The lowest BCUT2D eigenvalue weighted by Gasteiger charge is -2.15. The number of nitro groups is 1. The molecule has 0 bridgehead atoms. The Morgan fingerprint density at radius 2 is 2.39 bits per heavy atom. The number of carbonyl (C=O) groups excluding carboxylic acids is 1. The summed E-state index contributed by atoms with van der Waals surface area (Å²) >= 11 is 0. The van der Waals surface area contributed by atoms with Crippen LogP contribution < -0.4 is 5.73 Å². The predicted octanol–water partition coefficient (Wildman–Crippen LogP) is -0.221. The smallest absolute Gasteiger partial charge is 0.300 e. The average Bonchev–Trinajstić information content (AvgIpc) is 2.74. The minimum atomic E-state index is -0.674. The van der Waals surface area contributed by atoms with Crippen molar-refractivity contribution in [2.75, 3.05) is 18.8 Å². The van der Waals surface area contributed by atoms with Gasteiger partial charge in [0.25, 0.3) is 11.6 Å². The van der Waals surface area contributed by atoms with Crippen molar-refractivity contribution in [3.05, 3.63) is 27.9 Å². The van der Waals surface area contributed by atoms with Gasteiger partial charge in [-0.3, -0.25) is 14.9 Å². The third-order valence-corrected chi connectivity index (χ3v) is 2.78. The van der Waals surface area contributed by atoms with Gasteiger partial charge in [0.1, 0.15) is 17.6 Å². The summed E-state index contributed by atoms with van der Waals surface area (Å²) in [5, 5.41) is 20.2. The first kappa shape index (κ1) is 12.2. The number of rotatable bonds is 2.